The number of rotatable bonds is 6. The molecular weight excluding hydrogens is 320 g/mol. The number of furan rings is 1. The van der Waals surface area contributed by atoms with E-state index in [1.807, 2.05) is 24.5 Å². The van der Waals surface area contributed by atoms with Gasteiger partial charge in [-0.15, -0.1) is 0 Å². The third-order valence-electron chi connectivity index (χ3n) is 5.05. The van der Waals surface area contributed by atoms with Crippen LogP contribution in [0.25, 0.3) is 0 Å². The van der Waals surface area contributed by atoms with Crippen molar-refractivity contribution >= 4 is 5.97 Å². The lowest BCUT2D eigenvalue weighted by Crippen LogP contribution is -2.34. The third kappa shape index (κ3) is 3.93. The van der Waals surface area contributed by atoms with Crippen LogP contribution in [0, 0.1) is 5.92 Å². The molecule has 1 saturated heterocycles. The van der Waals surface area contributed by atoms with Crippen molar-refractivity contribution in [3.8, 4) is 0 Å². The van der Waals surface area contributed by atoms with Crippen molar-refractivity contribution in [3.63, 3.8) is 0 Å². The third-order valence-corrected chi connectivity index (χ3v) is 5.05. The number of imidazole rings is 1. The van der Waals surface area contributed by atoms with E-state index < -0.39 is 11.9 Å². The van der Waals surface area contributed by atoms with Crippen molar-refractivity contribution in [2.24, 2.45) is 5.92 Å². The lowest BCUT2D eigenvalue weighted by Gasteiger charge is -2.21. The summed E-state index contributed by atoms with van der Waals surface area (Å²) in [4.78, 5) is 20.6. The van der Waals surface area contributed by atoms with Gasteiger partial charge in [-0.3, -0.25) is 14.6 Å². The van der Waals surface area contributed by atoms with Crippen LogP contribution in [0.15, 0.2) is 35.2 Å². The Bertz CT molecular complexity index is 708. The van der Waals surface area contributed by atoms with Gasteiger partial charge in [-0.2, -0.15) is 0 Å². The molecule has 1 aliphatic carbocycles. The fourth-order valence-corrected chi connectivity index (χ4v) is 3.56. The summed E-state index contributed by atoms with van der Waals surface area (Å²) in [5.74, 6) is 0.789. The quantitative estimate of drug-likeness (QED) is 0.862. The van der Waals surface area contributed by atoms with Crippen LogP contribution >= 0.6 is 0 Å². The first kappa shape index (κ1) is 16.4. The van der Waals surface area contributed by atoms with E-state index in [-0.39, 0.29) is 0 Å². The van der Waals surface area contributed by atoms with Gasteiger partial charge in [0.05, 0.1) is 25.3 Å². The number of carboxylic acids is 1. The molecular formula is C18H24N4O3. The Morgan fingerprint density at radius 3 is 2.64 bits per heavy atom. The predicted octanol–water partition coefficient (Wildman–Crippen LogP) is 1.83. The van der Waals surface area contributed by atoms with E-state index in [1.54, 1.807) is 6.26 Å². The number of aliphatic carboxylic acids is 1. The molecule has 134 valence electrons. The molecule has 0 spiro atoms. The SMILES string of the molecule is O=C(O)[C@H]1CN(Cc2ccco2)CCN(Cc2nccn2C2CC2)C1. The zero-order valence-corrected chi connectivity index (χ0v) is 14.3. The van der Waals surface area contributed by atoms with Gasteiger partial charge in [-0.05, 0) is 25.0 Å². The minimum atomic E-state index is -0.734. The van der Waals surface area contributed by atoms with Gasteiger partial charge in [0.1, 0.15) is 11.6 Å². The van der Waals surface area contributed by atoms with E-state index >= 15 is 0 Å². The van der Waals surface area contributed by atoms with Crippen LogP contribution in [0.3, 0.4) is 0 Å². The van der Waals surface area contributed by atoms with Gasteiger partial charge in [0, 0.05) is 44.6 Å². The van der Waals surface area contributed by atoms with E-state index in [2.05, 4.69) is 19.4 Å². The largest absolute Gasteiger partial charge is 0.481 e. The number of carboxylic acid groups (broad SMARTS) is 1. The smallest absolute Gasteiger partial charge is 0.309 e. The minimum absolute atomic E-state index is 0.401. The highest BCUT2D eigenvalue weighted by Crippen LogP contribution is 2.35. The van der Waals surface area contributed by atoms with Gasteiger partial charge in [-0.25, -0.2) is 4.98 Å². The summed E-state index contributed by atoms with van der Waals surface area (Å²) in [5, 5.41) is 9.61. The molecule has 3 heterocycles. The molecule has 2 aliphatic rings. The van der Waals surface area contributed by atoms with Crippen molar-refractivity contribution in [3.05, 3.63) is 42.4 Å². The maximum atomic E-state index is 11.7. The molecule has 7 heteroatoms. The van der Waals surface area contributed by atoms with E-state index in [0.29, 0.717) is 32.2 Å². The Morgan fingerprint density at radius 1 is 1.24 bits per heavy atom. The molecule has 0 bridgehead atoms. The lowest BCUT2D eigenvalue weighted by molar-refractivity contribution is -0.142. The van der Waals surface area contributed by atoms with Gasteiger partial charge < -0.3 is 14.1 Å². The second-order valence-electron chi connectivity index (χ2n) is 7.07. The molecule has 2 fully saturated rings. The van der Waals surface area contributed by atoms with Gasteiger partial charge >= 0.3 is 5.97 Å². The van der Waals surface area contributed by atoms with Crippen LogP contribution in [-0.4, -0.2) is 56.6 Å². The monoisotopic (exact) mass is 344 g/mol. The molecule has 25 heavy (non-hydrogen) atoms. The van der Waals surface area contributed by atoms with E-state index in [4.69, 9.17) is 4.42 Å². The summed E-state index contributed by atoms with van der Waals surface area (Å²) in [6.45, 7) is 4.13. The predicted molar refractivity (Wildman–Crippen MR) is 90.9 cm³/mol. The first-order valence-corrected chi connectivity index (χ1v) is 8.90. The maximum absolute atomic E-state index is 11.7. The highest BCUT2D eigenvalue weighted by molar-refractivity contribution is 5.70. The zero-order chi connectivity index (χ0) is 17.2. The molecule has 2 aromatic rings. The van der Waals surface area contributed by atoms with Crippen molar-refractivity contribution < 1.29 is 14.3 Å². The van der Waals surface area contributed by atoms with Gasteiger partial charge in [-0.1, -0.05) is 0 Å². The fourth-order valence-electron chi connectivity index (χ4n) is 3.56. The fraction of sp³-hybridized carbons (Fsp3) is 0.556. The summed E-state index contributed by atoms with van der Waals surface area (Å²) in [7, 11) is 0. The van der Waals surface area contributed by atoms with Crippen LogP contribution < -0.4 is 0 Å². The van der Waals surface area contributed by atoms with Crippen molar-refractivity contribution in [2.45, 2.75) is 32.0 Å². The summed E-state index contributed by atoms with van der Waals surface area (Å²) in [6, 6.07) is 4.40. The average Bonchev–Trinajstić information content (AvgIpc) is 3.17. The standard InChI is InChI=1S/C18H24N4O3/c23-18(24)14-10-20(12-16-2-1-9-25-16)7-8-21(11-14)13-17-19-5-6-22(17)15-3-4-15/h1-2,5-6,9,14-15H,3-4,7-8,10-13H2,(H,23,24)/t14-/m0/s1. The van der Waals surface area contributed by atoms with E-state index in [1.165, 1.54) is 12.8 Å². The Morgan fingerprint density at radius 2 is 2.00 bits per heavy atom. The molecule has 0 aromatic carbocycles. The van der Waals surface area contributed by atoms with Crippen molar-refractivity contribution in [1.82, 2.24) is 19.4 Å². The highest BCUT2D eigenvalue weighted by Gasteiger charge is 2.30. The van der Waals surface area contributed by atoms with Crippen LogP contribution in [0.4, 0.5) is 0 Å². The topological polar surface area (TPSA) is 74.7 Å². The second-order valence-corrected chi connectivity index (χ2v) is 7.07. The second kappa shape index (κ2) is 7.01. The molecule has 0 unspecified atom stereocenters. The first-order valence-electron chi connectivity index (χ1n) is 8.90. The Hall–Kier alpha value is -2.12. The van der Waals surface area contributed by atoms with Crippen LogP contribution in [0.5, 0.6) is 0 Å². The summed E-state index contributed by atoms with van der Waals surface area (Å²) in [5.41, 5.74) is 0. The summed E-state index contributed by atoms with van der Waals surface area (Å²) >= 11 is 0. The van der Waals surface area contributed by atoms with Crippen molar-refractivity contribution in [2.75, 3.05) is 26.2 Å². The molecule has 4 rings (SSSR count). The van der Waals surface area contributed by atoms with Crippen LogP contribution in [-0.2, 0) is 17.9 Å². The first-order chi connectivity index (χ1) is 12.2. The number of hydrogen-bond acceptors (Lipinski definition) is 5. The molecule has 1 aliphatic heterocycles. The Kier molecular flexibility index (Phi) is 4.59. The number of aromatic nitrogens is 2. The normalized spacial score (nSPS) is 22.8. The average molecular weight is 344 g/mol. The van der Waals surface area contributed by atoms with Gasteiger partial charge in [0.25, 0.3) is 0 Å². The highest BCUT2D eigenvalue weighted by atomic mass is 16.4. The van der Waals surface area contributed by atoms with Crippen molar-refractivity contribution in [1.29, 1.82) is 0 Å². The Labute approximate surface area is 146 Å². The molecule has 7 nitrogen and oxygen atoms in total. The molecule has 1 saturated carbocycles. The summed E-state index contributed by atoms with van der Waals surface area (Å²) < 4.78 is 7.67. The molecule has 0 radical (unpaired) electrons. The molecule has 1 atom stereocenters. The number of hydrogen-bond donors (Lipinski definition) is 1. The van der Waals surface area contributed by atoms with Crippen LogP contribution in [0.1, 0.15) is 30.5 Å². The summed E-state index contributed by atoms with van der Waals surface area (Å²) in [6.07, 6.45) is 7.99. The Balaban J connectivity index is 1.44. The molecule has 0 amide bonds. The molecule has 2 aromatic heterocycles. The molecule has 1 N–H and O–H groups in total. The lowest BCUT2D eigenvalue weighted by atomic mass is 10.1. The minimum Gasteiger partial charge on any atom is -0.481 e. The maximum Gasteiger partial charge on any atom is 0.309 e. The number of carbonyl (C=O) groups is 1. The van der Waals surface area contributed by atoms with E-state index in [9.17, 15) is 9.90 Å². The van der Waals surface area contributed by atoms with Crippen LogP contribution in [0.2, 0.25) is 0 Å². The number of nitrogens with zero attached hydrogens (tertiary/aromatic N) is 4. The van der Waals surface area contributed by atoms with Gasteiger partial charge in [0.15, 0.2) is 0 Å². The zero-order valence-electron chi connectivity index (χ0n) is 14.3. The van der Waals surface area contributed by atoms with Gasteiger partial charge in [0.2, 0.25) is 0 Å². The van der Waals surface area contributed by atoms with E-state index in [0.717, 1.165) is 24.7 Å².